The first kappa shape index (κ1) is 13.2. The van der Waals surface area contributed by atoms with Gasteiger partial charge >= 0.3 is 0 Å². The molecule has 4 nitrogen and oxygen atoms in total. The van der Waals surface area contributed by atoms with Crippen LogP contribution in [-0.2, 0) is 4.79 Å². The Kier molecular flexibility index (Phi) is 4.69. The maximum Gasteiger partial charge on any atom is 0.269 e. The van der Waals surface area contributed by atoms with Gasteiger partial charge in [-0.3, -0.25) is 20.4 Å². The molecule has 2 N–H and O–H groups in total. The van der Waals surface area contributed by atoms with Gasteiger partial charge in [-0.15, -0.1) is 0 Å². The fourth-order valence-electron chi connectivity index (χ4n) is 1.41. The Morgan fingerprint density at radius 3 is 2.53 bits per heavy atom. The molecule has 0 unspecified atom stereocenters. The number of hydrazine groups is 1. The van der Waals surface area contributed by atoms with E-state index in [0.29, 0.717) is 12.0 Å². The van der Waals surface area contributed by atoms with Gasteiger partial charge in [-0.05, 0) is 25.0 Å². The highest BCUT2D eigenvalue weighted by Crippen LogP contribution is 2.03. The van der Waals surface area contributed by atoms with E-state index in [9.17, 15) is 9.59 Å². The number of benzene rings is 1. The zero-order valence-electron chi connectivity index (χ0n) is 10.4. The molecular weight excluding hydrogens is 216 g/mol. The third kappa shape index (κ3) is 4.68. The monoisotopic (exact) mass is 234 g/mol. The molecular formula is C13H18N2O2. The van der Waals surface area contributed by atoms with Gasteiger partial charge in [0.05, 0.1) is 0 Å². The van der Waals surface area contributed by atoms with Crippen LogP contribution in [0, 0.1) is 12.8 Å². The molecule has 1 rings (SSSR count). The molecule has 0 saturated carbocycles. The topological polar surface area (TPSA) is 58.2 Å². The molecule has 1 aromatic carbocycles. The van der Waals surface area contributed by atoms with E-state index in [1.54, 1.807) is 18.2 Å². The van der Waals surface area contributed by atoms with Crippen molar-refractivity contribution in [1.82, 2.24) is 10.9 Å². The van der Waals surface area contributed by atoms with Crippen LogP contribution < -0.4 is 10.9 Å². The normalized spacial score (nSPS) is 10.1. The van der Waals surface area contributed by atoms with Crippen LogP contribution in [0.4, 0.5) is 0 Å². The van der Waals surface area contributed by atoms with Gasteiger partial charge in [0.1, 0.15) is 0 Å². The standard InChI is InChI=1S/C13H18N2O2/c1-9(2)7-12(16)14-15-13(17)11-6-4-5-10(3)8-11/h4-6,8-9H,7H2,1-3H3,(H,14,16)(H,15,17). The summed E-state index contributed by atoms with van der Waals surface area (Å²) in [7, 11) is 0. The van der Waals surface area contributed by atoms with Gasteiger partial charge < -0.3 is 0 Å². The summed E-state index contributed by atoms with van der Waals surface area (Å²) in [4.78, 5) is 23.0. The van der Waals surface area contributed by atoms with Gasteiger partial charge in [-0.2, -0.15) is 0 Å². The molecule has 0 radical (unpaired) electrons. The van der Waals surface area contributed by atoms with Gasteiger partial charge in [0, 0.05) is 12.0 Å². The summed E-state index contributed by atoms with van der Waals surface area (Å²) in [5.74, 6) is -0.210. The Hall–Kier alpha value is -1.84. The minimum atomic E-state index is -0.300. The largest absolute Gasteiger partial charge is 0.273 e. The lowest BCUT2D eigenvalue weighted by Gasteiger charge is -2.08. The number of rotatable bonds is 3. The van der Waals surface area contributed by atoms with Crippen molar-refractivity contribution in [3.63, 3.8) is 0 Å². The molecule has 0 heterocycles. The first-order chi connectivity index (χ1) is 7.99. The lowest BCUT2D eigenvalue weighted by atomic mass is 10.1. The van der Waals surface area contributed by atoms with Crippen molar-refractivity contribution in [2.45, 2.75) is 27.2 Å². The quantitative estimate of drug-likeness (QED) is 0.783. The maximum absolute atomic E-state index is 11.7. The second-order valence-electron chi connectivity index (χ2n) is 4.47. The van der Waals surface area contributed by atoms with Crippen LogP contribution in [0.5, 0.6) is 0 Å². The molecule has 0 atom stereocenters. The highest BCUT2D eigenvalue weighted by atomic mass is 16.2. The number of carbonyl (C=O) groups excluding carboxylic acids is 2. The first-order valence-electron chi connectivity index (χ1n) is 5.65. The minimum absolute atomic E-state index is 0.180. The molecule has 0 spiro atoms. The summed E-state index contributed by atoms with van der Waals surface area (Å²) in [6.07, 6.45) is 0.397. The Bertz CT molecular complexity index is 414. The van der Waals surface area contributed by atoms with E-state index in [-0.39, 0.29) is 17.7 Å². The Labute approximate surface area is 101 Å². The predicted molar refractivity (Wildman–Crippen MR) is 66.2 cm³/mol. The number of amides is 2. The van der Waals surface area contributed by atoms with Gasteiger partial charge in [0.25, 0.3) is 5.91 Å². The van der Waals surface area contributed by atoms with Gasteiger partial charge in [0.2, 0.25) is 5.91 Å². The van der Waals surface area contributed by atoms with E-state index >= 15 is 0 Å². The molecule has 0 saturated heterocycles. The third-order valence-electron chi connectivity index (χ3n) is 2.19. The summed E-state index contributed by atoms with van der Waals surface area (Å²) in [5.41, 5.74) is 6.33. The van der Waals surface area contributed by atoms with Crippen molar-refractivity contribution < 1.29 is 9.59 Å². The highest BCUT2D eigenvalue weighted by Gasteiger charge is 2.08. The second kappa shape index (κ2) is 6.03. The number of hydrogen-bond acceptors (Lipinski definition) is 2. The summed E-state index contributed by atoms with van der Waals surface area (Å²) < 4.78 is 0. The second-order valence-corrected chi connectivity index (χ2v) is 4.47. The molecule has 2 amide bonds. The lowest BCUT2D eigenvalue weighted by Crippen LogP contribution is -2.42. The average Bonchev–Trinajstić information content (AvgIpc) is 2.25. The van der Waals surface area contributed by atoms with Crippen LogP contribution in [0.15, 0.2) is 24.3 Å². The van der Waals surface area contributed by atoms with Crippen molar-refractivity contribution in [2.75, 3.05) is 0 Å². The molecule has 0 aliphatic carbocycles. The average molecular weight is 234 g/mol. The summed E-state index contributed by atoms with van der Waals surface area (Å²) in [6.45, 7) is 5.80. The van der Waals surface area contributed by atoms with Crippen LogP contribution in [-0.4, -0.2) is 11.8 Å². The third-order valence-corrected chi connectivity index (χ3v) is 2.19. The van der Waals surface area contributed by atoms with Gasteiger partial charge in [-0.25, -0.2) is 0 Å². The van der Waals surface area contributed by atoms with Crippen molar-refractivity contribution in [2.24, 2.45) is 5.92 Å². The van der Waals surface area contributed by atoms with Crippen LogP contribution in [0.1, 0.15) is 36.2 Å². The molecule has 17 heavy (non-hydrogen) atoms. The molecule has 0 aliphatic rings. The van der Waals surface area contributed by atoms with Crippen molar-refractivity contribution in [3.8, 4) is 0 Å². The highest BCUT2D eigenvalue weighted by molar-refractivity contribution is 5.95. The summed E-state index contributed by atoms with van der Waals surface area (Å²) >= 11 is 0. The maximum atomic E-state index is 11.7. The van der Waals surface area contributed by atoms with E-state index < -0.39 is 0 Å². The van der Waals surface area contributed by atoms with Gasteiger partial charge in [0.15, 0.2) is 0 Å². The molecule has 0 fully saturated rings. The fourth-order valence-corrected chi connectivity index (χ4v) is 1.41. The van der Waals surface area contributed by atoms with E-state index in [1.807, 2.05) is 26.8 Å². The Morgan fingerprint density at radius 1 is 1.24 bits per heavy atom. The van der Waals surface area contributed by atoms with Gasteiger partial charge in [-0.1, -0.05) is 31.5 Å². The first-order valence-corrected chi connectivity index (χ1v) is 5.65. The Balaban J connectivity index is 2.48. The smallest absolute Gasteiger partial charge is 0.269 e. The van der Waals surface area contributed by atoms with Crippen LogP contribution in [0.25, 0.3) is 0 Å². The summed E-state index contributed by atoms with van der Waals surface area (Å²) in [6, 6.07) is 7.19. The van der Waals surface area contributed by atoms with E-state index in [0.717, 1.165) is 5.56 Å². The molecule has 92 valence electrons. The molecule has 4 heteroatoms. The van der Waals surface area contributed by atoms with E-state index in [4.69, 9.17) is 0 Å². The number of carbonyl (C=O) groups is 2. The fraction of sp³-hybridized carbons (Fsp3) is 0.385. The Morgan fingerprint density at radius 2 is 1.94 bits per heavy atom. The number of aryl methyl sites for hydroxylation is 1. The molecule has 0 aromatic heterocycles. The number of hydrogen-bond donors (Lipinski definition) is 2. The molecule has 0 aliphatic heterocycles. The SMILES string of the molecule is Cc1cccc(C(=O)NNC(=O)CC(C)C)c1. The van der Waals surface area contributed by atoms with E-state index in [2.05, 4.69) is 10.9 Å². The predicted octanol–water partition coefficient (Wildman–Crippen LogP) is 1.80. The minimum Gasteiger partial charge on any atom is -0.273 e. The van der Waals surface area contributed by atoms with Crippen molar-refractivity contribution in [1.29, 1.82) is 0 Å². The van der Waals surface area contributed by atoms with Crippen LogP contribution in [0.3, 0.4) is 0 Å². The van der Waals surface area contributed by atoms with Crippen LogP contribution >= 0.6 is 0 Å². The number of nitrogens with one attached hydrogen (secondary N) is 2. The zero-order valence-corrected chi connectivity index (χ0v) is 10.4. The summed E-state index contributed by atoms with van der Waals surface area (Å²) in [5, 5.41) is 0. The molecule has 1 aromatic rings. The van der Waals surface area contributed by atoms with Crippen molar-refractivity contribution >= 4 is 11.8 Å². The van der Waals surface area contributed by atoms with Crippen molar-refractivity contribution in [3.05, 3.63) is 35.4 Å². The zero-order chi connectivity index (χ0) is 12.8. The van der Waals surface area contributed by atoms with E-state index in [1.165, 1.54) is 0 Å². The lowest BCUT2D eigenvalue weighted by molar-refractivity contribution is -0.122. The molecule has 0 bridgehead atoms. The van der Waals surface area contributed by atoms with Crippen LogP contribution in [0.2, 0.25) is 0 Å².